The highest BCUT2D eigenvalue weighted by Gasteiger charge is 2.28. The number of carbonyl (C=O) groups excluding carboxylic acids is 1. The number of carboxylic acid groups (broad SMARTS) is 1. The monoisotopic (exact) mass is 286 g/mol. The highest BCUT2D eigenvalue weighted by molar-refractivity contribution is 6.08. The van der Waals surface area contributed by atoms with Crippen LogP contribution in [0.3, 0.4) is 0 Å². The zero-order valence-corrected chi connectivity index (χ0v) is 12.0. The molecule has 1 aromatic heterocycles. The van der Waals surface area contributed by atoms with Crippen molar-refractivity contribution in [2.75, 3.05) is 13.1 Å². The lowest BCUT2D eigenvalue weighted by Crippen LogP contribution is -2.38. The molecule has 0 aliphatic carbocycles. The minimum atomic E-state index is -0.977. The lowest BCUT2D eigenvalue weighted by atomic mass is 10.0. The molecule has 5 nitrogen and oxygen atoms in total. The average molecular weight is 286 g/mol. The number of benzene rings is 1. The topological polar surface area (TPSA) is 73.4 Å². The van der Waals surface area contributed by atoms with Gasteiger partial charge in [-0.1, -0.05) is 25.5 Å². The number of carboxylic acids is 1. The summed E-state index contributed by atoms with van der Waals surface area (Å²) in [5, 5.41) is 10.1. The van der Waals surface area contributed by atoms with Gasteiger partial charge in [0.1, 0.15) is 5.69 Å². The first-order chi connectivity index (χ1) is 10.1. The highest BCUT2D eigenvalue weighted by Crippen LogP contribution is 2.29. The van der Waals surface area contributed by atoms with Crippen molar-refractivity contribution in [2.24, 2.45) is 0 Å². The Bertz CT molecular complexity index is 718. The molecule has 0 fully saturated rings. The van der Waals surface area contributed by atoms with Crippen LogP contribution >= 0.6 is 0 Å². The molecule has 21 heavy (non-hydrogen) atoms. The number of amides is 1. The molecule has 0 spiro atoms. The molecule has 110 valence electrons. The summed E-state index contributed by atoms with van der Waals surface area (Å²) in [4.78, 5) is 28.7. The van der Waals surface area contributed by atoms with Crippen LogP contribution in [0.2, 0.25) is 0 Å². The van der Waals surface area contributed by atoms with Crippen molar-refractivity contribution in [3.8, 4) is 0 Å². The standard InChI is InChI=1S/C16H18N2O3/c1-2-3-8-18-9-7-11-10-5-4-6-12(16(20)21)13(10)17-14(11)15(18)19/h4-6,17H,2-3,7-9H2,1H3,(H,20,21). The lowest BCUT2D eigenvalue weighted by molar-refractivity contribution is 0.0695. The van der Waals surface area contributed by atoms with E-state index < -0.39 is 5.97 Å². The van der Waals surface area contributed by atoms with E-state index in [-0.39, 0.29) is 11.5 Å². The summed E-state index contributed by atoms with van der Waals surface area (Å²) in [7, 11) is 0. The third-order valence-electron chi connectivity index (χ3n) is 4.09. The molecule has 0 saturated carbocycles. The molecule has 5 heteroatoms. The number of hydrogen-bond donors (Lipinski definition) is 2. The van der Waals surface area contributed by atoms with Crippen molar-refractivity contribution in [3.05, 3.63) is 35.0 Å². The molecule has 3 rings (SSSR count). The predicted octanol–water partition coefficient (Wildman–Crippen LogP) is 2.66. The number of carbonyl (C=O) groups is 2. The first-order valence-electron chi connectivity index (χ1n) is 7.29. The number of aromatic carboxylic acids is 1. The predicted molar refractivity (Wildman–Crippen MR) is 79.8 cm³/mol. The highest BCUT2D eigenvalue weighted by atomic mass is 16.4. The maximum absolute atomic E-state index is 12.5. The Kier molecular flexibility index (Phi) is 3.41. The SMILES string of the molecule is CCCCN1CCc2c([nH]c3c(C(=O)O)cccc23)C1=O. The molecule has 2 N–H and O–H groups in total. The van der Waals surface area contributed by atoms with E-state index in [9.17, 15) is 14.7 Å². The van der Waals surface area contributed by atoms with Crippen molar-refractivity contribution in [3.63, 3.8) is 0 Å². The molecule has 0 unspecified atom stereocenters. The van der Waals surface area contributed by atoms with Gasteiger partial charge in [-0.05, 0) is 24.5 Å². The summed E-state index contributed by atoms with van der Waals surface area (Å²) < 4.78 is 0. The van der Waals surface area contributed by atoms with E-state index in [0.717, 1.165) is 36.8 Å². The summed E-state index contributed by atoms with van der Waals surface area (Å²) in [6, 6.07) is 5.17. The van der Waals surface area contributed by atoms with Crippen molar-refractivity contribution >= 4 is 22.8 Å². The Labute approximate surface area is 122 Å². The van der Waals surface area contributed by atoms with Crippen LogP contribution in [-0.2, 0) is 6.42 Å². The second-order valence-electron chi connectivity index (χ2n) is 5.41. The van der Waals surface area contributed by atoms with Crippen molar-refractivity contribution in [2.45, 2.75) is 26.2 Å². The van der Waals surface area contributed by atoms with Crippen LogP contribution in [0.4, 0.5) is 0 Å². The smallest absolute Gasteiger partial charge is 0.337 e. The Morgan fingerprint density at radius 2 is 2.24 bits per heavy atom. The third kappa shape index (κ3) is 2.18. The van der Waals surface area contributed by atoms with Crippen LogP contribution in [0.25, 0.3) is 10.9 Å². The minimum absolute atomic E-state index is 0.0164. The number of aromatic nitrogens is 1. The molecule has 0 atom stereocenters. The minimum Gasteiger partial charge on any atom is -0.478 e. The van der Waals surface area contributed by atoms with Crippen molar-refractivity contribution < 1.29 is 14.7 Å². The second-order valence-corrected chi connectivity index (χ2v) is 5.41. The summed E-state index contributed by atoms with van der Waals surface area (Å²) in [5.74, 6) is -0.994. The van der Waals surface area contributed by atoms with E-state index in [1.165, 1.54) is 0 Å². The Morgan fingerprint density at radius 1 is 1.43 bits per heavy atom. The van der Waals surface area contributed by atoms with Crippen LogP contribution in [0, 0.1) is 0 Å². The third-order valence-corrected chi connectivity index (χ3v) is 4.09. The number of nitrogens with one attached hydrogen (secondary N) is 1. The first kappa shape index (κ1) is 13.7. The number of para-hydroxylation sites is 1. The van der Waals surface area contributed by atoms with Gasteiger partial charge in [0.05, 0.1) is 11.1 Å². The van der Waals surface area contributed by atoms with Crippen LogP contribution < -0.4 is 0 Å². The number of aromatic amines is 1. The summed E-state index contributed by atoms with van der Waals surface area (Å²) in [6.45, 7) is 3.56. The summed E-state index contributed by atoms with van der Waals surface area (Å²) in [6.07, 6.45) is 2.81. The Morgan fingerprint density at radius 3 is 2.95 bits per heavy atom. The molecule has 1 amide bonds. The van der Waals surface area contributed by atoms with Gasteiger partial charge in [-0.3, -0.25) is 4.79 Å². The molecule has 1 aromatic carbocycles. The zero-order chi connectivity index (χ0) is 15.0. The molecule has 2 heterocycles. The van der Waals surface area contributed by atoms with Crippen LogP contribution in [-0.4, -0.2) is 40.0 Å². The fraction of sp³-hybridized carbons (Fsp3) is 0.375. The molecular weight excluding hydrogens is 268 g/mol. The van der Waals surface area contributed by atoms with E-state index in [1.807, 2.05) is 11.0 Å². The number of H-pyrrole nitrogens is 1. The summed E-state index contributed by atoms with van der Waals surface area (Å²) >= 11 is 0. The summed E-state index contributed by atoms with van der Waals surface area (Å²) in [5.41, 5.74) is 2.28. The largest absolute Gasteiger partial charge is 0.478 e. The molecule has 0 bridgehead atoms. The number of rotatable bonds is 4. The van der Waals surface area contributed by atoms with E-state index >= 15 is 0 Å². The zero-order valence-electron chi connectivity index (χ0n) is 12.0. The van der Waals surface area contributed by atoms with Gasteiger partial charge in [0.2, 0.25) is 0 Å². The quantitative estimate of drug-likeness (QED) is 0.907. The number of unbranched alkanes of at least 4 members (excludes halogenated alkanes) is 1. The lowest BCUT2D eigenvalue weighted by Gasteiger charge is -2.26. The van der Waals surface area contributed by atoms with E-state index in [4.69, 9.17) is 0 Å². The van der Waals surface area contributed by atoms with Crippen LogP contribution in [0.1, 0.15) is 46.2 Å². The van der Waals surface area contributed by atoms with Gasteiger partial charge in [0, 0.05) is 18.5 Å². The molecule has 0 radical (unpaired) electrons. The number of fused-ring (bicyclic) bond motifs is 3. The van der Waals surface area contributed by atoms with Gasteiger partial charge in [-0.2, -0.15) is 0 Å². The number of hydrogen-bond acceptors (Lipinski definition) is 2. The molecule has 2 aromatic rings. The molecule has 1 aliphatic rings. The maximum Gasteiger partial charge on any atom is 0.337 e. The van der Waals surface area contributed by atoms with Gasteiger partial charge >= 0.3 is 5.97 Å². The fourth-order valence-corrected chi connectivity index (χ4v) is 2.96. The van der Waals surface area contributed by atoms with Crippen LogP contribution in [0.5, 0.6) is 0 Å². The van der Waals surface area contributed by atoms with E-state index in [2.05, 4.69) is 11.9 Å². The Hall–Kier alpha value is -2.30. The van der Waals surface area contributed by atoms with E-state index in [1.54, 1.807) is 12.1 Å². The van der Waals surface area contributed by atoms with Crippen molar-refractivity contribution in [1.82, 2.24) is 9.88 Å². The average Bonchev–Trinajstić information content (AvgIpc) is 2.86. The second kappa shape index (κ2) is 5.24. The van der Waals surface area contributed by atoms with Crippen molar-refractivity contribution in [1.29, 1.82) is 0 Å². The van der Waals surface area contributed by atoms with Gasteiger partial charge in [0.15, 0.2) is 0 Å². The molecule has 1 aliphatic heterocycles. The molecular formula is C16H18N2O3. The van der Waals surface area contributed by atoms with Gasteiger partial charge in [-0.25, -0.2) is 4.79 Å². The van der Waals surface area contributed by atoms with Gasteiger partial charge in [-0.15, -0.1) is 0 Å². The Balaban J connectivity index is 2.07. The fourth-order valence-electron chi connectivity index (χ4n) is 2.96. The normalized spacial score (nSPS) is 14.5. The maximum atomic E-state index is 12.5. The van der Waals surface area contributed by atoms with Gasteiger partial charge < -0.3 is 15.0 Å². The molecule has 0 saturated heterocycles. The van der Waals surface area contributed by atoms with Crippen LogP contribution in [0.15, 0.2) is 18.2 Å². The number of nitrogens with zero attached hydrogens (tertiary/aromatic N) is 1. The van der Waals surface area contributed by atoms with Gasteiger partial charge in [0.25, 0.3) is 5.91 Å². The first-order valence-corrected chi connectivity index (χ1v) is 7.29. The van der Waals surface area contributed by atoms with E-state index in [0.29, 0.717) is 17.8 Å².